The fourth-order valence-corrected chi connectivity index (χ4v) is 2.90. The van der Waals surface area contributed by atoms with Crippen molar-refractivity contribution in [1.82, 2.24) is 20.3 Å². The normalized spacial score (nSPS) is 13.3. The number of benzene rings is 1. The Bertz CT molecular complexity index is 917. The SMILES string of the molecule is COc1ccccc1-c1nccc(-c2cc3c([nH]2)CCNC3=O)n1. The number of H-pyrrole nitrogens is 1. The molecule has 0 saturated heterocycles. The van der Waals surface area contributed by atoms with Crippen molar-refractivity contribution >= 4 is 5.91 Å². The number of aromatic amines is 1. The standard InChI is InChI=1S/C18H16N4O2/c1-24-16-5-3-2-4-11(16)17-19-8-7-14(22-17)15-10-12-13(21-15)6-9-20-18(12)23/h2-5,7-8,10,21H,6,9H2,1H3,(H,20,23). The maximum Gasteiger partial charge on any atom is 0.253 e. The molecule has 4 rings (SSSR count). The number of methoxy groups -OCH3 is 1. The molecule has 0 fully saturated rings. The lowest BCUT2D eigenvalue weighted by Gasteiger charge is -2.10. The van der Waals surface area contributed by atoms with Gasteiger partial charge < -0.3 is 15.0 Å². The molecule has 1 aromatic carbocycles. The summed E-state index contributed by atoms with van der Waals surface area (Å²) in [7, 11) is 1.63. The molecule has 0 aliphatic carbocycles. The highest BCUT2D eigenvalue weighted by atomic mass is 16.5. The molecule has 0 saturated carbocycles. The average molecular weight is 320 g/mol. The molecule has 3 heterocycles. The fraction of sp³-hybridized carbons (Fsp3) is 0.167. The summed E-state index contributed by atoms with van der Waals surface area (Å²) in [4.78, 5) is 24.2. The van der Waals surface area contributed by atoms with Crippen molar-refractivity contribution in [1.29, 1.82) is 0 Å². The van der Waals surface area contributed by atoms with Gasteiger partial charge in [-0.05, 0) is 24.3 Å². The van der Waals surface area contributed by atoms with Crippen LogP contribution < -0.4 is 10.1 Å². The Hall–Kier alpha value is -3.15. The molecule has 24 heavy (non-hydrogen) atoms. The number of nitrogens with one attached hydrogen (secondary N) is 2. The number of carbonyl (C=O) groups is 1. The summed E-state index contributed by atoms with van der Waals surface area (Å²) < 4.78 is 5.38. The number of carbonyl (C=O) groups excluding carboxylic acids is 1. The Morgan fingerprint density at radius 1 is 1.17 bits per heavy atom. The highest BCUT2D eigenvalue weighted by Crippen LogP contribution is 2.29. The molecule has 6 nitrogen and oxygen atoms in total. The van der Waals surface area contributed by atoms with Crippen molar-refractivity contribution in [2.45, 2.75) is 6.42 Å². The van der Waals surface area contributed by atoms with Crippen LogP contribution in [0, 0.1) is 0 Å². The number of rotatable bonds is 3. The minimum absolute atomic E-state index is 0.0437. The number of para-hydroxylation sites is 1. The van der Waals surface area contributed by atoms with Gasteiger partial charge in [0.05, 0.1) is 29.6 Å². The lowest BCUT2D eigenvalue weighted by Crippen LogP contribution is -2.31. The number of ether oxygens (including phenoxy) is 1. The van der Waals surface area contributed by atoms with E-state index < -0.39 is 0 Å². The first-order valence-electron chi connectivity index (χ1n) is 7.73. The summed E-state index contributed by atoms with van der Waals surface area (Å²) in [5, 5.41) is 2.85. The van der Waals surface area contributed by atoms with Crippen molar-refractivity contribution < 1.29 is 9.53 Å². The smallest absolute Gasteiger partial charge is 0.253 e. The third-order valence-electron chi connectivity index (χ3n) is 4.08. The van der Waals surface area contributed by atoms with Crippen molar-refractivity contribution in [3.8, 4) is 28.5 Å². The summed E-state index contributed by atoms with van der Waals surface area (Å²) >= 11 is 0. The maximum atomic E-state index is 11.9. The molecule has 6 heteroatoms. The Balaban J connectivity index is 1.77. The summed E-state index contributed by atoms with van der Waals surface area (Å²) in [6.45, 7) is 0.655. The summed E-state index contributed by atoms with van der Waals surface area (Å²) in [6.07, 6.45) is 2.51. The van der Waals surface area contributed by atoms with E-state index in [0.717, 1.165) is 34.8 Å². The molecule has 0 bridgehead atoms. The molecular weight excluding hydrogens is 304 g/mol. The van der Waals surface area contributed by atoms with Crippen molar-refractivity contribution in [2.24, 2.45) is 0 Å². The zero-order chi connectivity index (χ0) is 16.5. The van der Waals surface area contributed by atoms with E-state index in [9.17, 15) is 4.79 Å². The van der Waals surface area contributed by atoms with Crippen LogP contribution in [0.4, 0.5) is 0 Å². The van der Waals surface area contributed by atoms with Crippen LogP contribution in [0.5, 0.6) is 5.75 Å². The lowest BCUT2D eigenvalue weighted by molar-refractivity contribution is 0.0946. The van der Waals surface area contributed by atoms with E-state index in [1.807, 2.05) is 36.4 Å². The molecule has 0 atom stereocenters. The first-order valence-corrected chi connectivity index (χ1v) is 7.73. The summed E-state index contributed by atoms with van der Waals surface area (Å²) in [5.74, 6) is 1.26. The number of aromatic nitrogens is 3. The monoisotopic (exact) mass is 320 g/mol. The molecule has 0 unspecified atom stereocenters. The molecule has 0 radical (unpaired) electrons. The minimum Gasteiger partial charge on any atom is -0.496 e. The van der Waals surface area contributed by atoms with Crippen molar-refractivity contribution in [3.63, 3.8) is 0 Å². The molecule has 2 N–H and O–H groups in total. The van der Waals surface area contributed by atoms with Crippen LogP contribution in [0.2, 0.25) is 0 Å². The highest BCUT2D eigenvalue weighted by Gasteiger charge is 2.20. The molecule has 3 aromatic rings. The predicted octanol–water partition coefficient (Wildman–Crippen LogP) is 2.43. The second-order valence-electron chi connectivity index (χ2n) is 5.55. The highest BCUT2D eigenvalue weighted by molar-refractivity contribution is 5.97. The van der Waals surface area contributed by atoms with Crippen LogP contribution in [0.15, 0.2) is 42.6 Å². The molecule has 1 aliphatic rings. The minimum atomic E-state index is -0.0437. The van der Waals surface area contributed by atoms with E-state index in [4.69, 9.17) is 4.74 Å². The maximum absolute atomic E-state index is 11.9. The fourth-order valence-electron chi connectivity index (χ4n) is 2.90. The number of amides is 1. The molecule has 1 aliphatic heterocycles. The number of hydrogen-bond acceptors (Lipinski definition) is 4. The molecule has 120 valence electrons. The van der Waals surface area contributed by atoms with Gasteiger partial charge in [0.2, 0.25) is 0 Å². The average Bonchev–Trinajstić information content (AvgIpc) is 3.08. The van der Waals surface area contributed by atoms with Gasteiger partial charge in [-0.15, -0.1) is 0 Å². The molecule has 1 amide bonds. The van der Waals surface area contributed by atoms with Crippen LogP contribution in [0.25, 0.3) is 22.8 Å². The summed E-state index contributed by atoms with van der Waals surface area (Å²) in [5.41, 5.74) is 4.03. The van der Waals surface area contributed by atoms with Gasteiger partial charge in [-0.2, -0.15) is 0 Å². The third kappa shape index (κ3) is 2.42. The topological polar surface area (TPSA) is 79.9 Å². The van der Waals surface area contributed by atoms with E-state index >= 15 is 0 Å². The molecule has 0 spiro atoms. The van der Waals surface area contributed by atoms with E-state index in [1.165, 1.54) is 0 Å². The van der Waals surface area contributed by atoms with Gasteiger partial charge in [0.1, 0.15) is 5.75 Å². The van der Waals surface area contributed by atoms with Crippen molar-refractivity contribution in [3.05, 3.63) is 53.9 Å². The van der Waals surface area contributed by atoms with Gasteiger partial charge in [-0.25, -0.2) is 9.97 Å². The van der Waals surface area contributed by atoms with Gasteiger partial charge in [-0.3, -0.25) is 4.79 Å². The van der Waals surface area contributed by atoms with Gasteiger partial charge in [0.15, 0.2) is 5.82 Å². The number of hydrogen-bond donors (Lipinski definition) is 2. The Kier molecular flexibility index (Phi) is 3.49. The molecular formula is C18H16N4O2. The Morgan fingerprint density at radius 2 is 2.04 bits per heavy atom. The lowest BCUT2D eigenvalue weighted by atomic mass is 10.1. The van der Waals surface area contributed by atoms with E-state index in [2.05, 4.69) is 20.3 Å². The number of nitrogens with zero attached hydrogens (tertiary/aromatic N) is 2. The first-order chi connectivity index (χ1) is 11.8. The van der Waals surface area contributed by atoms with Crippen LogP contribution in [-0.4, -0.2) is 34.5 Å². The number of fused-ring (bicyclic) bond motifs is 1. The van der Waals surface area contributed by atoms with Crippen LogP contribution >= 0.6 is 0 Å². The van der Waals surface area contributed by atoms with E-state index in [1.54, 1.807) is 13.3 Å². The largest absolute Gasteiger partial charge is 0.496 e. The van der Waals surface area contributed by atoms with Crippen LogP contribution in [0.3, 0.4) is 0 Å². The quantitative estimate of drug-likeness (QED) is 0.777. The summed E-state index contributed by atoms with van der Waals surface area (Å²) in [6, 6.07) is 11.3. The zero-order valence-electron chi connectivity index (χ0n) is 13.2. The Labute approximate surface area is 138 Å². The van der Waals surface area contributed by atoms with E-state index in [0.29, 0.717) is 17.9 Å². The zero-order valence-corrected chi connectivity index (χ0v) is 13.2. The van der Waals surface area contributed by atoms with E-state index in [-0.39, 0.29) is 5.91 Å². The molecule has 2 aromatic heterocycles. The second kappa shape index (κ2) is 5.81. The van der Waals surface area contributed by atoms with Gasteiger partial charge in [0.25, 0.3) is 5.91 Å². The van der Waals surface area contributed by atoms with Gasteiger partial charge >= 0.3 is 0 Å². The first kappa shape index (κ1) is 14.4. The third-order valence-corrected chi connectivity index (χ3v) is 4.08. The van der Waals surface area contributed by atoms with Crippen LogP contribution in [-0.2, 0) is 6.42 Å². The van der Waals surface area contributed by atoms with Gasteiger partial charge in [-0.1, -0.05) is 12.1 Å². The van der Waals surface area contributed by atoms with Gasteiger partial charge in [0, 0.05) is 24.9 Å². The Morgan fingerprint density at radius 3 is 2.88 bits per heavy atom. The van der Waals surface area contributed by atoms with Crippen LogP contribution in [0.1, 0.15) is 16.1 Å². The van der Waals surface area contributed by atoms with Crippen molar-refractivity contribution in [2.75, 3.05) is 13.7 Å². The predicted molar refractivity (Wildman–Crippen MR) is 89.8 cm³/mol. The second-order valence-corrected chi connectivity index (χ2v) is 5.55.